The fourth-order valence-corrected chi connectivity index (χ4v) is 3.12. The third-order valence-corrected chi connectivity index (χ3v) is 5.38. The van der Waals surface area contributed by atoms with Gasteiger partial charge in [-0.05, 0) is 36.4 Å². The Morgan fingerprint density at radius 1 is 0.870 bits per heavy atom. The minimum atomic E-state index is -4.04. The Kier molecular flexibility index (Phi) is 4.99. The van der Waals surface area contributed by atoms with Crippen molar-refractivity contribution in [2.45, 2.75) is 9.79 Å². The lowest BCUT2D eigenvalue weighted by molar-refractivity contribution is 0.0356. The van der Waals surface area contributed by atoms with E-state index in [-0.39, 0.29) is 20.1 Å². The fourth-order valence-electron chi connectivity index (χ4n) is 1.60. The Balaban J connectivity index is 2.19. The SMILES string of the molecule is NNS(=O)(=O)c1ccc(ON(N)S(=O)(=O)c2ccccc2)cc1. The van der Waals surface area contributed by atoms with E-state index in [4.69, 9.17) is 16.5 Å². The van der Waals surface area contributed by atoms with Gasteiger partial charge in [-0.3, -0.25) is 5.84 Å². The summed E-state index contributed by atoms with van der Waals surface area (Å²) in [5.74, 6) is 10.4. The molecule has 0 aliphatic carbocycles. The second-order valence-corrected chi connectivity index (χ2v) is 7.75. The largest absolute Gasteiger partial charge is 0.375 e. The van der Waals surface area contributed by atoms with Crippen molar-refractivity contribution >= 4 is 20.0 Å². The highest BCUT2D eigenvalue weighted by Gasteiger charge is 2.23. The van der Waals surface area contributed by atoms with E-state index in [9.17, 15) is 16.8 Å². The zero-order valence-electron chi connectivity index (χ0n) is 11.7. The molecule has 5 N–H and O–H groups in total. The number of benzene rings is 2. The van der Waals surface area contributed by atoms with Crippen LogP contribution in [-0.4, -0.2) is 21.4 Å². The molecule has 0 radical (unpaired) electrons. The molecule has 0 unspecified atom stereocenters. The first-order valence-corrected chi connectivity index (χ1v) is 9.05. The molecular weight excluding hydrogens is 344 g/mol. The average molecular weight is 358 g/mol. The van der Waals surface area contributed by atoms with Gasteiger partial charge in [0.2, 0.25) is 0 Å². The number of hydrazine groups is 2. The summed E-state index contributed by atoms with van der Waals surface area (Å²) in [5, 5.41) is 0. The zero-order chi connectivity index (χ0) is 17.1. The van der Waals surface area contributed by atoms with Crippen molar-refractivity contribution in [1.82, 2.24) is 9.41 Å². The van der Waals surface area contributed by atoms with Crippen LogP contribution in [-0.2, 0) is 20.0 Å². The normalized spacial score (nSPS) is 12.3. The minimum Gasteiger partial charge on any atom is -0.375 e. The summed E-state index contributed by atoms with van der Waals surface area (Å²) in [4.78, 5) is 6.52. The molecule has 0 aromatic heterocycles. The van der Waals surface area contributed by atoms with Gasteiger partial charge in [-0.15, -0.1) is 0 Å². The summed E-state index contributed by atoms with van der Waals surface area (Å²) >= 11 is 0. The van der Waals surface area contributed by atoms with Crippen molar-refractivity contribution in [3.05, 3.63) is 54.6 Å². The van der Waals surface area contributed by atoms with Crippen LogP contribution in [0.5, 0.6) is 5.75 Å². The highest BCUT2D eigenvalue weighted by Crippen LogP contribution is 2.19. The third-order valence-electron chi connectivity index (χ3n) is 2.76. The molecule has 0 spiro atoms. The van der Waals surface area contributed by atoms with Gasteiger partial charge in [0.15, 0.2) is 5.75 Å². The molecule has 0 atom stereocenters. The van der Waals surface area contributed by atoms with Crippen LogP contribution in [0.15, 0.2) is 64.4 Å². The Hall–Kier alpha value is -2.02. The zero-order valence-corrected chi connectivity index (χ0v) is 13.3. The summed E-state index contributed by atoms with van der Waals surface area (Å²) in [6.07, 6.45) is 0. The number of sulfonamides is 2. The molecular formula is C12H14N4O5S2. The van der Waals surface area contributed by atoms with E-state index in [0.717, 1.165) is 0 Å². The standard InChI is InChI=1S/C12H14N4O5S2/c13-15-22(17,18)11-8-6-10(7-9-11)21-16(14)23(19,20)12-4-2-1-3-5-12/h1-9,15H,13-14H2. The highest BCUT2D eigenvalue weighted by molar-refractivity contribution is 7.89. The van der Waals surface area contributed by atoms with Gasteiger partial charge in [0.1, 0.15) is 0 Å². The molecule has 2 aromatic rings. The minimum absolute atomic E-state index is 0.0305. The number of rotatable bonds is 6. The van der Waals surface area contributed by atoms with Gasteiger partial charge in [-0.1, -0.05) is 18.2 Å². The molecule has 2 aromatic carbocycles. The lowest BCUT2D eigenvalue weighted by Gasteiger charge is -2.16. The van der Waals surface area contributed by atoms with Gasteiger partial charge >= 0.3 is 0 Å². The average Bonchev–Trinajstić information content (AvgIpc) is 2.56. The highest BCUT2D eigenvalue weighted by atomic mass is 32.2. The van der Waals surface area contributed by atoms with E-state index in [1.54, 1.807) is 23.0 Å². The molecule has 2 rings (SSSR count). The van der Waals surface area contributed by atoms with Gasteiger partial charge in [0, 0.05) is 4.58 Å². The third kappa shape index (κ3) is 3.85. The van der Waals surface area contributed by atoms with E-state index in [1.807, 2.05) is 0 Å². The quantitative estimate of drug-likeness (QED) is 0.474. The van der Waals surface area contributed by atoms with Gasteiger partial charge in [-0.2, -0.15) is 4.83 Å². The molecule has 9 nitrogen and oxygen atoms in total. The summed E-state index contributed by atoms with van der Waals surface area (Å²) in [5.41, 5.74) is 0. The second kappa shape index (κ2) is 6.62. The van der Waals surface area contributed by atoms with Crippen molar-refractivity contribution in [2.24, 2.45) is 11.7 Å². The summed E-state index contributed by atoms with van der Waals surface area (Å²) in [6, 6.07) is 12.3. The molecule has 0 heterocycles. The number of nitrogens with one attached hydrogen (secondary N) is 1. The molecule has 0 amide bonds. The molecule has 0 fully saturated rings. The second-order valence-electron chi connectivity index (χ2n) is 4.26. The van der Waals surface area contributed by atoms with Gasteiger partial charge < -0.3 is 4.84 Å². The maximum absolute atomic E-state index is 12.2. The van der Waals surface area contributed by atoms with Crippen molar-refractivity contribution in [2.75, 3.05) is 0 Å². The molecule has 0 aliphatic heterocycles. The van der Waals surface area contributed by atoms with E-state index in [2.05, 4.69) is 0 Å². The Labute approximate surface area is 133 Å². The molecule has 0 bridgehead atoms. The van der Waals surface area contributed by atoms with E-state index in [1.165, 1.54) is 36.4 Å². The van der Waals surface area contributed by atoms with Crippen molar-refractivity contribution in [1.29, 1.82) is 0 Å². The Bertz CT molecular complexity index is 867. The molecule has 0 saturated heterocycles. The number of hydrogen-bond donors (Lipinski definition) is 3. The van der Waals surface area contributed by atoms with Crippen molar-refractivity contribution in [3.8, 4) is 5.75 Å². The van der Waals surface area contributed by atoms with Gasteiger partial charge in [0.05, 0.1) is 9.79 Å². The van der Waals surface area contributed by atoms with Crippen molar-refractivity contribution in [3.63, 3.8) is 0 Å². The van der Waals surface area contributed by atoms with Crippen LogP contribution in [0.2, 0.25) is 0 Å². The van der Waals surface area contributed by atoms with E-state index < -0.39 is 20.0 Å². The van der Waals surface area contributed by atoms with Crippen LogP contribution in [0.1, 0.15) is 0 Å². The summed E-state index contributed by atoms with van der Waals surface area (Å²) in [7, 11) is -7.85. The summed E-state index contributed by atoms with van der Waals surface area (Å²) in [6.45, 7) is 0. The number of nitrogens with zero attached hydrogens (tertiary/aromatic N) is 1. The Morgan fingerprint density at radius 3 is 1.96 bits per heavy atom. The van der Waals surface area contributed by atoms with Crippen molar-refractivity contribution < 1.29 is 21.7 Å². The molecule has 124 valence electrons. The van der Waals surface area contributed by atoms with E-state index >= 15 is 0 Å². The first-order valence-electron chi connectivity index (χ1n) is 6.13. The van der Waals surface area contributed by atoms with Gasteiger partial charge in [0.25, 0.3) is 20.0 Å². The van der Waals surface area contributed by atoms with Crippen LogP contribution in [0.4, 0.5) is 0 Å². The van der Waals surface area contributed by atoms with Gasteiger partial charge in [-0.25, -0.2) is 22.7 Å². The first-order chi connectivity index (χ1) is 10.8. The molecule has 23 heavy (non-hydrogen) atoms. The van der Waals surface area contributed by atoms with Crippen LogP contribution in [0.25, 0.3) is 0 Å². The predicted molar refractivity (Wildman–Crippen MR) is 81.2 cm³/mol. The maximum atomic E-state index is 12.2. The van der Waals surface area contributed by atoms with Crippen LogP contribution < -0.4 is 21.4 Å². The monoisotopic (exact) mass is 358 g/mol. The maximum Gasteiger partial charge on any atom is 0.287 e. The molecule has 0 aliphatic rings. The lowest BCUT2D eigenvalue weighted by atomic mass is 10.3. The van der Waals surface area contributed by atoms with Crippen LogP contribution >= 0.6 is 0 Å². The fraction of sp³-hybridized carbons (Fsp3) is 0. The first kappa shape index (κ1) is 17.3. The Morgan fingerprint density at radius 2 is 1.43 bits per heavy atom. The number of hydrogen-bond acceptors (Lipinski definition) is 7. The summed E-state index contributed by atoms with van der Waals surface area (Å²) < 4.78 is 47.5. The van der Waals surface area contributed by atoms with E-state index in [0.29, 0.717) is 0 Å². The van der Waals surface area contributed by atoms with Crippen LogP contribution in [0.3, 0.4) is 0 Å². The topological polar surface area (TPSA) is 145 Å². The smallest absolute Gasteiger partial charge is 0.287 e. The number of nitrogens with two attached hydrogens (primary N) is 2. The van der Waals surface area contributed by atoms with Crippen LogP contribution in [0, 0.1) is 0 Å². The molecule has 0 saturated carbocycles. The molecule has 11 heteroatoms. The predicted octanol–water partition coefficient (Wildman–Crippen LogP) is -0.303. The lowest BCUT2D eigenvalue weighted by Crippen LogP contribution is -2.40.